The predicted molar refractivity (Wildman–Crippen MR) is 89.9 cm³/mol. The van der Waals surface area contributed by atoms with Gasteiger partial charge in [0.15, 0.2) is 0 Å². The summed E-state index contributed by atoms with van der Waals surface area (Å²) in [4.78, 5) is 14.0. The molecule has 0 atom stereocenters. The van der Waals surface area contributed by atoms with Crippen molar-refractivity contribution in [2.75, 3.05) is 11.9 Å². The monoisotopic (exact) mass is 331 g/mol. The average molecular weight is 331 g/mol. The molecule has 0 radical (unpaired) electrons. The predicted octanol–water partition coefficient (Wildman–Crippen LogP) is 4.87. The molecule has 0 aromatic heterocycles. The van der Waals surface area contributed by atoms with Crippen LogP contribution < -0.4 is 5.32 Å². The van der Waals surface area contributed by atoms with Crippen LogP contribution in [0.4, 0.5) is 15.8 Å². The molecule has 0 saturated heterocycles. The maximum atomic E-state index is 13.4. The number of ether oxygens (including phenoxy) is 1. The van der Waals surface area contributed by atoms with Gasteiger partial charge in [-0.1, -0.05) is 17.8 Å². The third-order valence-corrected chi connectivity index (χ3v) is 5.05. The van der Waals surface area contributed by atoms with Gasteiger partial charge in [0, 0.05) is 9.79 Å². The number of rotatable bonds is 3. The summed E-state index contributed by atoms with van der Waals surface area (Å²) >= 11 is 1.52. The fourth-order valence-electron chi connectivity index (χ4n) is 2.48. The van der Waals surface area contributed by atoms with Crippen molar-refractivity contribution in [2.45, 2.75) is 36.0 Å². The molecule has 0 unspecified atom stereocenters. The lowest BCUT2D eigenvalue weighted by Gasteiger charge is -2.26. The summed E-state index contributed by atoms with van der Waals surface area (Å²) in [5.41, 5.74) is 1.95. The van der Waals surface area contributed by atoms with Crippen molar-refractivity contribution in [1.82, 2.24) is 0 Å². The van der Waals surface area contributed by atoms with E-state index in [-0.39, 0.29) is 11.8 Å². The van der Waals surface area contributed by atoms with Crippen molar-refractivity contribution < 1.29 is 13.9 Å². The standard InChI is InChI=1S/C18H18FNO2S/c1-4-22-17(21)18(2,3)11-5-8-15-14(9-11)20-13-7-6-12(19)10-16(13)23-15/h5-10,20H,4H2,1-3H3. The highest BCUT2D eigenvalue weighted by Crippen LogP contribution is 2.45. The van der Waals surface area contributed by atoms with Crippen molar-refractivity contribution in [3.05, 3.63) is 47.8 Å². The van der Waals surface area contributed by atoms with Crippen molar-refractivity contribution >= 4 is 29.1 Å². The van der Waals surface area contributed by atoms with E-state index < -0.39 is 5.41 Å². The SMILES string of the molecule is CCOC(=O)C(C)(C)c1ccc2c(c1)Nc1ccc(F)cc1S2. The van der Waals surface area contributed by atoms with Crippen LogP contribution in [0.25, 0.3) is 0 Å². The first-order valence-electron chi connectivity index (χ1n) is 7.48. The number of esters is 1. The van der Waals surface area contributed by atoms with Crippen LogP contribution in [0, 0.1) is 5.82 Å². The highest BCUT2D eigenvalue weighted by atomic mass is 32.2. The topological polar surface area (TPSA) is 38.3 Å². The first-order chi connectivity index (χ1) is 10.9. The highest BCUT2D eigenvalue weighted by molar-refractivity contribution is 7.99. The second kappa shape index (κ2) is 5.89. The largest absolute Gasteiger partial charge is 0.465 e. The molecule has 23 heavy (non-hydrogen) atoms. The van der Waals surface area contributed by atoms with Gasteiger partial charge in [-0.25, -0.2) is 4.39 Å². The van der Waals surface area contributed by atoms with Crippen molar-refractivity contribution in [1.29, 1.82) is 0 Å². The minimum absolute atomic E-state index is 0.245. The van der Waals surface area contributed by atoms with E-state index in [1.807, 2.05) is 32.0 Å². The Morgan fingerprint density at radius 2 is 1.96 bits per heavy atom. The van der Waals surface area contributed by atoms with Crippen molar-refractivity contribution in [3.63, 3.8) is 0 Å². The van der Waals surface area contributed by atoms with Gasteiger partial charge in [-0.3, -0.25) is 4.79 Å². The molecule has 2 aromatic rings. The van der Waals surface area contributed by atoms with Crippen molar-refractivity contribution in [2.24, 2.45) is 0 Å². The van der Waals surface area contributed by atoms with E-state index in [0.717, 1.165) is 26.7 Å². The second-order valence-corrected chi connectivity index (χ2v) is 7.01. The van der Waals surface area contributed by atoms with Crippen LogP contribution in [-0.4, -0.2) is 12.6 Å². The number of benzene rings is 2. The zero-order valence-corrected chi connectivity index (χ0v) is 14.1. The second-order valence-electron chi connectivity index (χ2n) is 5.92. The van der Waals surface area contributed by atoms with Crippen molar-refractivity contribution in [3.8, 4) is 0 Å². The van der Waals surface area contributed by atoms with Crippen LogP contribution in [0.5, 0.6) is 0 Å². The molecule has 0 aliphatic carbocycles. The fraction of sp³-hybridized carbons (Fsp3) is 0.278. The molecule has 0 bridgehead atoms. The molecule has 1 N–H and O–H groups in total. The zero-order chi connectivity index (χ0) is 16.6. The summed E-state index contributed by atoms with van der Waals surface area (Å²) in [6.07, 6.45) is 0. The molecule has 0 amide bonds. The summed E-state index contributed by atoms with van der Waals surface area (Å²) < 4.78 is 18.5. The van der Waals surface area contributed by atoms with Gasteiger partial charge in [0.25, 0.3) is 0 Å². The maximum absolute atomic E-state index is 13.4. The molecule has 5 heteroatoms. The molecule has 120 valence electrons. The molecule has 3 nitrogen and oxygen atoms in total. The number of carbonyl (C=O) groups is 1. The molecule has 3 rings (SSSR count). The van der Waals surface area contributed by atoms with Gasteiger partial charge < -0.3 is 10.1 Å². The van der Waals surface area contributed by atoms with Crippen LogP contribution >= 0.6 is 11.8 Å². The molecule has 2 aromatic carbocycles. The lowest BCUT2D eigenvalue weighted by atomic mass is 9.84. The first-order valence-corrected chi connectivity index (χ1v) is 8.29. The molecule has 1 heterocycles. The number of hydrogen-bond acceptors (Lipinski definition) is 4. The number of nitrogens with one attached hydrogen (secondary N) is 1. The minimum atomic E-state index is -0.722. The van der Waals surface area contributed by atoms with E-state index in [0.29, 0.717) is 6.61 Å². The Balaban J connectivity index is 1.94. The van der Waals surface area contributed by atoms with Crippen LogP contribution in [0.1, 0.15) is 26.3 Å². The summed E-state index contributed by atoms with van der Waals surface area (Å²) in [5, 5.41) is 3.31. The molecular formula is C18H18FNO2S. The van der Waals surface area contributed by atoms with Gasteiger partial charge in [0.05, 0.1) is 23.4 Å². The Morgan fingerprint density at radius 3 is 2.70 bits per heavy atom. The Labute approximate surface area is 139 Å². The van der Waals surface area contributed by atoms with E-state index in [1.54, 1.807) is 13.0 Å². The lowest BCUT2D eigenvalue weighted by molar-refractivity contribution is -0.148. The Morgan fingerprint density at radius 1 is 1.17 bits per heavy atom. The van der Waals surface area contributed by atoms with Gasteiger partial charge >= 0.3 is 5.97 Å². The smallest absolute Gasteiger partial charge is 0.315 e. The van der Waals surface area contributed by atoms with Crippen LogP contribution in [0.3, 0.4) is 0 Å². The van der Waals surface area contributed by atoms with Crippen LogP contribution in [-0.2, 0) is 14.9 Å². The summed E-state index contributed by atoms with van der Waals surface area (Å²) in [6, 6.07) is 10.5. The minimum Gasteiger partial charge on any atom is -0.465 e. The van der Waals surface area contributed by atoms with E-state index in [9.17, 15) is 9.18 Å². The van der Waals surface area contributed by atoms with E-state index in [2.05, 4.69) is 5.32 Å². The van der Waals surface area contributed by atoms with Gasteiger partial charge in [-0.05, 0) is 56.7 Å². The normalized spacial score (nSPS) is 12.9. The summed E-state index contributed by atoms with van der Waals surface area (Å²) in [7, 11) is 0. The quantitative estimate of drug-likeness (QED) is 0.695. The number of carbonyl (C=O) groups excluding carboxylic acids is 1. The number of fused-ring (bicyclic) bond motifs is 2. The zero-order valence-electron chi connectivity index (χ0n) is 13.3. The molecular weight excluding hydrogens is 313 g/mol. The van der Waals surface area contributed by atoms with Gasteiger partial charge in [0.1, 0.15) is 5.82 Å². The van der Waals surface area contributed by atoms with Gasteiger partial charge in [0.2, 0.25) is 0 Å². The Hall–Kier alpha value is -2.01. The summed E-state index contributed by atoms with van der Waals surface area (Å²) in [5.74, 6) is -0.493. The van der Waals surface area contributed by atoms with E-state index in [1.165, 1.54) is 23.9 Å². The lowest BCUT2D eigenvalue weighted by Crippen LogP contribution is -2.31. The highest BCUT2D eigenvalue weighted by Gasteiger charge is 2.32. The van der Waals surface area contributed by atoms with E-state index >= 15 is 0 Å². The number of anilines is 2. The number of halogens is 1. The maximum Gasteiger partial charge on any atom is 0.315 e. The molecule has 0 saturated carbocycles. The van der Waals surface area contributed by atoms with Gasteiger partial charge in [-0.2, -0.15) is 0 Å². The van der Waals surface area contributed by atoms with E-state index in [4.69, 9.17) is 4.74 Å². The Kier molecular flexibility index (Phi) is 4.06. The average Bonchev–Trinajstić information content (AvgIpc) is 2.52. The third-order valence-electron chi connectivity index (χ3n) is 3.92. The van der Waals surface area contributed by atoms with Gasteiger partial charge in [-0.15, -0.1) is 0 Å². The summed E-state index contributed by atoms with van der Waals surface area (Å²) in [6.45, 7) is 5.87. The van der Waals surface area contributed by atoms with Crippen LogP contribution in [0.2, 0.25) is 0 Å². The molecule has 1 aliphatic heterocycles. The Bertz CT molecular complexity index is 774. The third kappa shape index (κ3) is 2.93. The molecule has 0 spiro atoms. The fourth-order valence-corrected chi connectivity index (χ4v) is 3.48. The van der Waals surface area contributed by atoms with Crippen LogP contribution in [0.15, 0.2) is 46.2 Å². The molecule has 1 aliphatic rings. The number of hydrogen-bond donors (Lipinski definition) is 1. The molecule has 0 fully saturated rings. The first kappa shape index (κ1) is 15.9.